The fourth-order valence-electron chi connectivity index (χ4n) is 1.69. The zero-order chi connectivity index (χ0) is 9.26. The van der Waals surface area contributed by atoms with Crippen LogP contribution < -0.4 is 5.32 Å². The maximum atomic E-state index is 4.37. The van der Waals surface area contributed by atoms with Gasteiger partial charge in [0.1, 0.15) is 0 Å². The van der Waals surface area contributed by atoms with Crippen molar-refractivity contribution in [3.8, 4) is 0 Å². The molecule has 0 bridgehead atoms. The molecule has 0 spiro atoms. The fourth-order valence-corrected chi connectivity index (χ4v) is 1.69. The highest BCUT2D eigenvalue weighted by molar-refractivity contribution is 5.04. The number of rotatable bonds is 4. The molecule has 72 valence electrons. The molecule has 0 aromatic carbocycles. The predicted molar refractivity (Wildman–Crippen MR) is 52.3 cm³/mol. The van der Waals surface area contributed by atoms with E-state index in [2.05, 4.69) is 16.5 Å². The number of aromatic nitrogens is 2. The van der Waals surface area contributed by atoms with Gasteiger partial charge in [-0.25, -0.2) is 4.98 Å². The Hall–Kier alpha value is -0.830. The van der Waals surface area contributed by atoms with Crippen LogP contribution in [0.2, 0.25) is 0 Å². The van der Waals surface area contributed by atoms with Crippen molar-refractivity contribution in [3.05, 3.63) is 18.2 Å². The Morgan fingerprint density at radius 1 is 1.69 bits per heavy atom. The van der Waals surface area contributed by atoms with Crippen LogP contribution in [0.4, 0.5) is 0 Å². The summed E-state index contributed by atoms with van der Waals surface area (Å²) in [5.41, 5.74) is 1.18. The summed E-state index contributed by atoms with van der Waals surface area (Å²) < 4.78 is 2.01. The molecule has 3 nitrogen and oxygen atoms in total. The molecule has 1 fully saturated rings. The van der Waals surface area contributed by atoms with Gasteiger partial charge in [0.25, 0.3) is 0 Å². The molecule has 1 aromatic heterocycles. The minimum absolute atomic E-state index is 0.452. The van der Waals surface area contributed by atoms with E-state index in [9.17, 15) is 0 Å². The summed E-state index contributed by atoms with van der Waals surface area (Å²) in [6, 6.07) is 0.452. The van der Waals surface area contributed by atoms with E-state index in [0.717, 1.165) is 5.92 Å². The van der Waals surface area contributed by atoms with Gasteiger partial charge in [-0.05, 0) is 19.4 Å². The summed E-state index contributed by atoms with van der Waals surface area (Å²) in [6.07, 6.45) is 8.03. The summed E-state index contributed by atoms with van der Waals surface area (Å²) in [5.74, 6) is 0.944. The van der Waals surface area contributed by atoms with Crippen LogP contribution >= 0.6 is 0 Å². The maximum absolute atomic E-state index is 4.37. The number of nitrogens with one attached hydrogen (secondary N) is 1. The van der Waals surface area contributed by atoms with Crippen LogP contribution in [0.5, 0.6) is 0 Å². The van der Waals surface area contributed by atoms with Gasteiger partial charge in [0.15, 0.2) is 0 Å². The van der Waals surface area contributed by atoms with E-state index in [1.165, 1.54) is 25.0 Å². The van der Waals surface area contributed by atoms with E-state index in [-0.39, 0.29) is 0 Å². The van der Waals surface area contributed by atoms with Gasteiger partial charge in [0.2, 0.25) is 0 Å². The summed E-state index contributed by atoms with van der Waals surface area (Å²) in [4.78, 5) is 4.37. The average Bonchev–Trinajstić information content (AvgIpc) is 2.84. The Bertz CT molecular complexity index is 275. The maximum Gasteiger partial charge on any atom is 0.0947 e. The van der Waals surface area contributed by atoms with Crippen LogP contribution in [0.1, 0.15) is 31.0 Å². The topological polar surface area (TPSA) is 29.9 Å². The molecule has 1 heterocycles. The van der Waals surface area contributed by atoms with Gasteiger partial charge in [-0.2, -0.15) is 0 Å². The minimum atomic E-state index is 0.452. The van der Waals surface area contributed by atoms with Crippen molar-refractivity contribution >= 4 is 0 Å². The molecule has 1 aliphatic rings. The Balaban J connectivity index is 2.01. The zero-order valence-corrected chi connectivity index (χ0v) is 8.33. The fraction of sp³-hybridized carbons (Fsp3) is 0.700. The monoisotopic (exact) mass is 179 g/mol. The highest BCUT2D eigenvalue weighted by atomic mass is 15.0. The summed E-state index contributed by atoms with van der Waals surface area (Å²) in [5, 5.41) is 3.33. The minimum Gasteiger partial charge on any atom is -0.340 e. The third-order valence-corrected chi connectivity index (χ3v) is 2.70. The summed E-state index contributed by atoms with van der Waals surface area (Å²) in [7, 11) is 4.03. The van der Waals surface area contributed by atoms with Crippen molar-refractivity contribution in [1.29, 1.82) is 0 Å². The molecule has 0 aliphatic heterocycles. The van der Waals surface area contributed by atoms with Gasteiger partial charge >= 0.3 is 0 Å². The van der Waals surface area contributed by atoms with E-state index in [1.807, 2.05) is 25.0 Å². The Morgan fingerprint density at radius 3 is 2.92 bits per heavy atom. The van der Waals surface area contributed by atoms with Crippen LogP contribution in [-0.4, -0.2) is 16.6 Å². The number of hydrogen-bond donors (Lipinski definition) is 1. The molecular weight excluding hydrogens is 162 g/mol. The van der Waals surface area contributed by atoms with Gasteiger partial charge in [0, 0.05) is 13.2 Å². The van der Waals surface area contributed by atoms with E-state index in [1.54, 1.807) is 0 Å². The molecule has 13 heavy (non-hydrogen) atoms. The number of imidazole rings is 1. The first kappa shape index (κ1) is 8.75. The Labute approximate surface area is 79.2 Å². The number of aryl methyl sites for hydroxylation is 1. The lowest BCUT2D eigenvalue weighted by Crippen LogP contribution is -2.17. The predicted octanol–water partition coefficient (Wildman–Crippen LogP) is 1.48. The van der Waals surface area contributed by atoms with Crippen LogP contribution in [0.25, 0.3) is 0 Å². The molecule has 1 aromatic rings. The molecule has 1 atom stereocenters. The van der Waals surface area contributed by atoms with Gasteiger partial charge in [-0.3, -0.25) is 0 Å². The van der Waals surface area contributed by atoms with E-state index < -0.39 is 0 Å². The van der Waals surface area contributed by atoms with Crippen molar-refractivity contribution in [3.63, 3.8) is 0 Å². The first-order valence-corrected chi connectivity index (χ1v) is 4.94. The molecule has 0 amide bonds. The van der Waals surface area contributed by atoms with Gasteiger partial charge in [-0.15, -0.1) is 0 Å². The molecule has 1 saturated carbocycles. The van der Waals surface area contributed by atoms with Crippen molar-refractivity contribution in [2.45, 2.75) is 25.3 Å². The van der Waals surface area contributed by atoms with Gasteiger partial charge in [-0.1, -0.05) is 12.8 Å². The zero-order valence-electron chi connectivity index (χ0n) is 8.33. The van der Waals surface area contributed by atoms with Crippen molar-refractivity contribution in [2.24, 2.45) is 13.0 Å². The molecular formula is C10H17N3. The lowest BCUT2D eigenvalue weighted by molar-refractivity contribution is 0.504. The molecule has 1 N–H and O–H groups in total. The van der Waals surface area contributed by atoms with E-state index >= 15 is 0 Å². The van der Waals surface area contributed by atoms with Crippen LogP contribution in [-0.2, 0) is 7.05 Å². The largest absolute Gasteiger partial charge is 0.340 e. The van der Waals surface area contributed by atoms with Crippen molar-refractivity contribution < 1.29 is 0 Å². The third kappa shape index (κ3) is 2.10. The molecule has 1 unspecified atom stereocenters. The van der Waals surface area contributed by atoms with Gasteiger partial charge in [0.05, 0.1) is 18.1 Å². The molecule has 3 heteroatoms. The van der Waals surface area contributed by atoms with Gasteiger partial charge < -0.3 is 9.88 Å². The standard InChI is InChI=1S/C10H17N3/c1-11-9(5-8-3-4-8)10-6-13(2)7-12-10/h6-9,11H,3-5H2,1-2H3. The summed E-state index contributed by atoms with van der Waals surface area (Å²) >= 11 is 0. The highest BCUT2D eigenvalue weighted by Crippen LogP contribution is 2.36. The number of nitrogens with zero attached hydrogens (tertiary/aromatic N) is 2. The van der Waals surface area contributed by atoms with Crippen LogP contribution in [0, 0.1) is 5.92 Å². The second-order valence-electron chi connectivity index (χ2n) is 3.98. The van der Waals surface area contributed by atoms with E-state index in [4.69, 9.17) is 0 Å². The lowest BCUT2D eigenvalue weighted by atomic mass is 10.1. The average molecular weight is 179 g/mol. The second kappa shape index (κ2) is 3.50. The van der Waals surface area contributed by atoms with Crippen LogP contribution in [0.15, 0.2) is 12.5 Å². The first-order valence-electron chi connectivity index (χ1n) is 4.94. The lowest BCUT2D eigenvalue weighted by Gasteiger charge is -2.12. The first-order chi connectivity index (χ1) is 6.29. The molecule has 0 saturated heterocycles. The van der Waals surface area contributed by atoms with Crippen molar-refractivity contribution in [1.82, 2.24) is 14.9 Å². The third-order valence-electron chi connectivity index (χ3n) is 2.70. The smallest absolute Gasteiger partial charge is 0.0947 e. The summed E-state index contributed by atoms with van der Waals surface area (Å²) in [6.45, 7) is 0. The molecule has 1 aliphatic carbocycles. The second-order valence-corrected chi connectivity index (χ2v) is 3.98. The Kier molecular flexibility index (Phi) is 2.36. The Morgan fingerprint density at radius 2 is 2.46 bits per heavy atom. The SMILES string of the molecule is CNC(CC1CC1)c1cn(C)cn1. The molecule has 2 rings (SSSR count). The van der Waals surface area contributed by atoms with Crippen molar-refractivity contribution in [2.75, 3.05) is 7.05 Å². The normalized spacial score (nSPS) is 18.9. The van der Waals surface area contributed by atoms with E-state index in [0.29, 0.717) is 6.04 Å². The van der Waals surface area contributed by atoms with Crippen LogP contribution in [0.3, 0.4) is 0 Å². The quantitative estimate of drug-likeness (QED) is 0.758. The molecule has 0 radical (unpaired) electrons. The highest BCUT2D eigenvalue weighted by Gasteiger charge is 2.26. The number of hydrogen-bond acceptors (Lipinski definition) is 2.